The number of benzene rings is 2. The summed E-state index contributed by atoms with van der Waals surface area (Å²) in [5.41, 5.74) is 0.451. The van der Waals surface area contributed by atoms with Crippen molar-refractivity contribution in [3.8, 4) is 0 Å². The van der Waals surface area contributed by atoms with Crippen LogP contribution in [0.5, 0.6) is 0 Å². The highest BCUT2D eigenvalue weighted by molar-refractivity contribution is 6.10. The smallest absolute Gasteiger partial charge is 0.326 e. The number of nitrogens with one attached hydrogen (secondary N) is 2. The van der Waals surface area contributed by atoms with Crippen molar-refractivity contribution in [1.29, 1.82) is 0 Å². The van der Waals surface area contributed by atoms with Crippen LogP contribution in [0.3, 0.4) is 0 Å². The predicted molar refractivity (Wildman–Crippen MR) is 96.7 cm³/mol. The van der Waals surface area contributed by atoms with Gasteiger partial charge in [-0.1, -0.05) is 12.1 Å². The highest BCUT2D eigenvalue weighted by atomic mass is 19.4. The van der Waals surface area contributed by atoms with Crippen molar-refractivity contribution < 1.29 is 27.6 Å². The zero-order valence-corrected chi connectivity index (χ0v) is 14.5. The molecule has 1 aliphatic rings. The number of para-hydroxylation sites is 2. The van der Waals surface area contributed by atoms with E-state index in [9.17, 15) is 27.6 Å². The molecule has 0 saturated carbocycles. The van der Waals surface area contributed by atoms with Gasteiger partial charge < -0.3 is 15.5 Å². The average molecular weight is 391 g/mol. The molecule has 6 nitrogen and oxygen atoms in total. The summed E-state index contributed by atoms with van der Waals surface area (Å²) in [4.78, 5) is 37.5. The minimum Gasteiger partial charge on any atom is -0.326 e. The number of carbonyl (C=O) groups is 3. The first-order valence-electron chi connectivity index (χ1n) is 8.40. The topological polar surface area (TPSA) is 78.5 Å². The lowest BCUT2D eigenvalue weighted by molar-refractivity contribution is -0.137. The van der Waals surface area contributed by atoms with E-state index < -0.39 is 23.6 Å². The zero-order chi connectivity index (χ0) is 20.3. The molecule has 2 aromatic rings. The molecule has 9 heteroatoms. The SMILES string of the molecule is O=C(CCC(=O)N1CC(=O)Nc2ccccc21)Nc1ccc(C(F)(F)F)cc1. The number of alkyl halides is 3. The van der Waals surface area contributed by atoms with Crippen LogP contribution in [0.2, 0.25) is 0 Å². The van der Waals surface area contributed by atoms with Crippen molar-refractivity contribution in [2.45, 2.75) is 19.0 Å². The molecule has 0 bridgehead atoms. The Morgan fingerprint density at radius 1 is 1.04 bits per heavy atom. The van der Waals surface area contributed by atoms with Crippen LogP contribution < -0.4 is 15.5 Å². The number of carbonyl (C=O) groups excluding carboxylic acids is 3. The number of amides is 3. The predicted octanol–water partition coefficient (Wildman–Crippen LogP) is 3.41. The summed E-state index contributed by atoms with van der Waals surface area (Å²) in [5, 5.41) is 5.12. The lowest BCUT2D eigenvalue weighted by Gasteiger charge is -2.29. The van der Waals surface area contributed by atoms with Gasteiger partial charge in [0.15, 0.2) is 0 Å². The van der Waals surface area contributed by atoms with Crippen LogP contribution >= 0.6 is 0 Å². The molecular weight excluding hydrogens is 375 g/mol. The quantitative estimate of drug-likeness (QED) is 0.839. The largest absolute Gasteiger partial charge is 0.416 e. The van der Waals surface area contributed by atoms with Gasteiger partial charge in [-0.3, -0.25) is 14.4 Å². The maximum Gasteiger partial charge on any atom is 0.416 e. The highest BCUT2D eigenvalue weighted by Crippen LogP contribution is 2.30. The number of halogens is 3. The normalized spacial score (nSPS) is 13.5. The van der Waals surface area contributed by atoms with Gasteiger partial charge in [-0.2, -0.15) is 13.2 Å². The van der Waals surface area contributed by atoms with E-state index in [0.717, 1.165) is 24.3 Å². The number of rotatable bonds is 4. The van der Waals surface area contributed by atoms with Gasteiger partial charge in [0, 0.05) is 18.5 Å². The molecule has 1 heterocycles. The molecule has 0 fully saturated rings. The Balaban J connectivity index is 1.58. The van der Waals surface area contributed by atoms with E-state index in [-0.39, 0.29) is 31.0 Å². The number of hydrogen-bond acceptors (Lipinski definition) is 3. The molecule has 2 aromatic carbocycles. The summed E-state index contributed by atoms with van der Waals surface area (Å²) in [6, 6.07) is 10.8. The molecule has 28 heavy (non-hydrogen) atoms. The third kappa shape index (κ3) is 4.48. The maximum absolute atomic E-state index is 12.5. The van der Waals surface area contributed by atoms with Crippen molar-refractivity contribution in [3.05, 3.63) is 54.1 Å². The molecule has 0 radical (unpaired) electrons. The highest BCUT2D eigenvalue weighted by Gasteiger charge is 2.30. The van der Waals surface area contributed by atoms with E-state index in [1.54, 1.807) is 24.3 Å². The standard InChI is InChI=1S/C19H16F3N3O3/c20-19(21,22)12-5-7-13(8-6-12)23-16(26)9-10-18(28)25-11-17(27)24-14-3-1-2-4-15(14)25/h1-8H,9-11H2,(H,23,26)(H,24,27). The summed E-state index contributed by atoms with van der Waals surface area (Å²) in [5.74, 6) is -1.24. The van der Waals surface area contributed by atoms with Crippen LogP contribution in [0.4, 0.5) is 30.2 Å². The van der Waals surface area contributed by atoms with Gasteiger partial charge in [0.25, 0.3) is 0 Å². The molecule has 0 aliphatic carbocycles. The van der Waals surface area contributed by atoms with Crippen LogP contribution in [-0.2, 0) is 20.6 Å². The van der Waals surface area contributed by atoms with Crippen molar-refractivity contribution in [2.24, 2.45) is 0 Å². The molecule has 146 valence electrons. The molecule has 0 atom stereocenters. The van der Waals surface area contributed by atoms with Crippen LogP contribution in [-0.4, -0.2) is 24.3 Å². The van der Waals surface area contributed by atoms with Gasteiger partial charge in [0.05, 0.1) is 16.9 Å². The maximum atomic E-state index is 12.5. The summed E-state index contributed by atoms with van der Waals surface area (Å²) < 4.78 is 37.6. The third-order valence-electron chi connectivity index (χ3n) is 4.13. The van der Waals surface area contributed by atoms with Crippen molar-refractivity contribution in [3.63, 3.8) is 0 Å². The molecule has 0 unspecified atom stereocenters. The number of hydrogen-bond donors (Lipinski definition) is 2. The van der Waals surface area contributed by atoms with Crippen LogP contribution in [0.15, 0.2) is 48.5 Å². The Morgan fingerprint density at radius 3 is 2.39 bits per heavy atom. The van der Waals surface area contributed by atoms with E-state index in [1.165, 1.54) is 4.90 Å². The van der Waals surface area contributed by atoms with E-state index in [1.807, 2.05) is 0 Å². The minimum atomic E-state index is -4.45. The fraction of sp³-hybridized carbons (Fsp3) is 0.211. The first kappa shape index (κ1) is 19.4. The average Bonchev–Trinajstić information content (AvgIpc) is 2.65. The summed E-state index contributed by atoms with van der Waals surface area (Å²) in [6.45, 7) is -0.142. The van der Waals surface area contributed by atoms with Gasteiger partial charge in [0.1, 0.15) is 6.54 Å². The Labute approximate surface area is 158 Å². The monoisotopic (exact) mass is 391 g/mol. The minimum absolute atomic E-state index is 0.142. The summed E-state index contributed by atoms with van der Waals surface area (Å²) in [7, 11) is 0. The number of fused-ring (bicyclic) bond motifs is 1. The second-order valence-electron chi connectivity index (χ2n) is 6.17. The van der Waals surface area contributed by atoms with E-state index in [2.05, 4.69) is 10.6 Å². The summed E-state index contributed by atoms with van der Waals surface area (Å²) in [6.07, 6.45) is -4.76. The lowest BCUT2D eigenvalue weighted by Crippen LogP contribution is -2.42. The molecule has 0 aromatic heterocycles. The summed E-state index contributed by atoms with van der Waals surface area (Å²) >= 11 is 0. The number of nitrogens with zero attached hydrogens (tertiary/aromatic N) is 1. The van der Waals surface area contributed by atoms with E-state index in [0.29, 0.717) is 11.4 Å². The Hall–Kier alpha value is -3.36. The number of anilines is 3. The molecule has 3 amide bonds. The molecular formula is C19H16F3N3O3. The fourth-order valence-electron chi connectivity index (χ4n) is 2.78. The molecule has 0 spiro atoms. The van der Waals surface area contributed by atoms with Gasteiger partial charge in [-0.15, -0.1) is 0 Å². The van der Waals surface area contributed by atoms with Crippen LogP contribution in [0.25, 0.3) is 0 Å². The Bertz CT molecular complexity index is 911. The van der Waals surface area contributed by atoms with Crippen LogP contribution in [0.1, 0.15) is 18.4 Å². The van der Waals surface area contributed by atoms with Crippen LogP contribution in [0, 0.1) is 0 Å². The lowest BCUT2D eigenvalue weighted by atomic mass is 10.1. The molecule has 0 saturated heterocycles. The second kappa shape index (κ2) is 7.71. The van der Waals surface area contributed by atoms with Crippen molar-refractivity contribution in [1.82, 2.24) is 0 Å². The zero-order valence-electron chi connectivity index (χ0n) is 14.5. The Morgan fingerprint density at radius 2 is 1.71 bits per heavy atom. The first-order valence-corrected chi connectivity index (χ1v) is 8.40. The Kier molecular flexibility index (Phi) is 5.34. The van der Waals surface area contributed by atoms with Gasteiger partial charge >= 0.3 is 6.18 Å². The molecule has 2 N–H and O–H groups in total. The second-order valence-corrected chi connectivity index (χ2v) is 6.17. The van der Waals surface area contributed by atoms with E-state index in [4.69, 9.17) is 0 Å². The third-order valence-corrected chi connectivity index (χ3v) is 4.13. The van der Waals surface area contributed by atoms with Crippen molar-refractivity contribution >= 4 is 34.8 Å². The van der Waals surface area contributed by atoms with Crippen molar-refractivity contribution in [2.75, 3.05) is 22.1 Å². The molecule has 3 rings (SSSR count). The first-order chi connectivity index (χ1) is 13.2. The van der Waals surface area contributed by atoms with Gasteiger partial charge in [-0.25, -0.2) is 0 Å². The molecule has 1 aliphatic heterocycles. The van der Waals surface area contributed by atoms with Gasteiger partial charge in [-0.05, 0) is 36.4 Å². The van der Waals surface area contributed by atoms with E-state index >= 15 is 0 Å². The fourth-order valence-corrected chi connectivity index (χ4v) is 2.78. The van der Waals surface area contributed by atoms with Gasteiger partial charge in [0.2, 0.25) is 17.7 Å².